The van der Waals surface area contributed by atoms with Crippen LogP contribution >= 0.6 is 0 Å². The largest absolute Gasteiger partial charge is 0.496 e. The lowest BCUT2D eigenvalue weighted by Crippen LogP contribution is -2.38. The summed E-state index contributed by atoms with van der Waals surface area (Å²) in [6, 6.07) is 3.47. The van der Waals surface area contributed by atoms with Crippen molar-refractivity contribution < 1.29 is 28.5 Å². The lowest BCUT2D eigenvalue weighted by atomic mass is 9.68. The summed E-state index contributed by atoms with van der Waals surface area (Å²) in [5.41, 5.74) is 2.94. The van der Waals surface area contributed by atoms with Crippen LogP contribution in [0, 0.1) is 5.41 Å². The molecule has 0 spiro atoms. The minimum absolute atomic E-state index is 0.00416. The Morgan fingerprint density at radius 3 is 2.17 bits per heavy atom. The molecule has 0 saturated heterocycles. The van der Waals surface area contributed by atoms with E-state index in [0.29, 0.717) is 52.5 Å². The van der Waals surface area contributed by atoms with Crippen LogP contribution in [0.2, 0.25) is 0 Å². The molecular weight excluding hydrogens is 386 g/mol. The Bertz CT molecular complexity index is 957. The maximum atomic E-state index is 13.3. The number of carbonyl (C=O) groups is 2. The molecule has 1 aromatic rings. The number of ketones is 1. The molecule has 0 radical (unpaired) electrons. The molecule has 0 bridgehead atoms. The second-order valence-electron chi connectivity index (χ2n) is 8.37. The van der Waals surface area contributed by atoms with Crippen LogP contribution in [0.1, 0.15) is 45.1 Å². The van der Waals surface area contributed by atoms with Gasteiger partial charge in [-0.1, -0.05) is 13.8 Å². The number of dihydropyridines is 1. The highest BCUT2D eigenvalue weighted by Crippen LogP contribution is 2.50. The van der Waals surface area contributed by atoms with Crippen molar-refractivity contribution in [1.82, 2.24) is 5.32 Å². The second-order valence-corrected chi connectivity index (χ2v) is 8.37. The normalized spacial score (nSPS) is 20.4. The molecule has 7 heteroatoms. The Balaban J connectivity index is 2.31. The van der Waals surface area contributed by atoms with E-state index in [1.54, 1.807) is 26.4 Å². The second kappa shape index (κ2) is 8.05. The molecular formula is C23H29NO6. The summed E-state index contributed by atoms with van der Waals surface area (Å²) in [7, 11) is 5.96. The third-order valence-electron chi connectivity index (χ3n) is 5.69. The average molecular weight is 415 g/mol. The van der Waals surface area contributed by atoms with Gasteiger partial charge in [0.05, 0.1) is 39.9 Å². The fraction of sp³-hybridized carbons (Fsp3) is 0.478. The predicted molar refractivity (Wildman–Crippen MR) is 112 cm³/mol. The van der Waals surface area contributed by atoms with Gasteiger partial charge in [0.1, 0.15) is 5.75 Å². The summed E-state index contributed by atoms with van der Waals surface area (Å²) < 4.78 is 21.6. The van der Waals surface area contributed by atoms with Crippen molar-refractivity contribution in [2.45, 2.75) is 39.5 Å². The van der Waals surface area contributed by atoms with Crippen molar-refractivity contribution in [3.63, 3.8) is 0 Å². The van der Waals surface area contributed by atoms with Gasteiger partial charge in [-0.05, 0) is 24.8 Å². The topological polar surface area (TPSA) is 83.1 Å². The molecule has 0 fully saturated rings. The van der Waals surface area contributed by atoms with E-state index in [0.717, 1.165) is 5.70 Å². The van der Waals surface area contributed by atoms with Crippen LogP contribution in [0.4, 0.5) is 0 Å². The molecule has 1 N–H and O–H groups in total. The Morgan fingerprint density at radius 1 is 1.00 bits per heavy atom. The van der Waals surface area contributed by atoms with E-state index in [-0.39, 0.29) is 11.2 Å². The van der Waals surface area contributed by atoms with Gasteiger partial charge in [0.15, 0.2) is 17.3 Å². The van der Waals surface area contributed by atoms with Gasteiger partial charge in [-0.3, -0.25) is 4.79 Å². The zero-order chi connectivity index (χ0) is 22.2. The van der Waals surface area contributed by atoms with Crippen molar-refractivity contribution in [3.05, 3.63) is 40.2 Å². The molecule has 3 rings (SSSR count). The van der Waals surface area contributed by atoms with Gasteiger partial charge in [-0.2, -0.15) is 0 Å². The van der Waals surface area contributed by atoms with Gasteiger partial charge in [0.25, 0.3) is 0 Å². The van der Waals surface area contributed by atoms with E-state index in [1.807, 2.05) is 6.92 Å². The highest BCUT2D eigenvalue weighted by Gasteiger charge is 2.44. The molecule has 1 heterocycles. The summed E-state index contributed by atoms with van der Waals surface area (Å²) in [4.78, 5) is 26.1. The Hall–Kier alpha value is -2.96. The third-order valence-corrected chi connectivity index (χ3v) is 5.69. The summed E-state index contributed by atoms with van der Waals surface area (Å²) in [6.07, 6.45) is 1.10. The molecule has 1 aromatic carbocycles. The molecule has 7 nitrogen and oxygen atoms in total. The number of rotatable bonds is 5. The fourth-order valence-corrected chi connectivity index (χ4v) is 4.41. The fourth-order valence-electron chi connectivity index (χ4n) is 4.41. The minimum atomic E-state index is -0.632. The summed E-state index contributed by atoms with van der Waals surface area (Å²) in [6.45, 7) is 5.96. The molecule has 30 heavy (non-hydrogen) atoms. The van der Waals surface area contributed by atoms with E-state index in [4.69, 9.17) is 18.9 Å². The lowest BCUT2D eigenvalue weighted by molar-refractivity contribution is -0.136. The molecule has 162 valence electrons. The van der Waals surface area contributed by atoms with Gasteiger partial charge in [-0.15, -0.1) is 0 Å². The number of benzene rings is 1. The predicted octanol–water partition coefficient (Wildman–Crippen LogP) is 3.49. The molecule has 2 aliphatic rings. The van der Waals surface area contributed by atoms with E-state index < -0.39 is 11.9 Å². The summed E-state index contributed by atoms with van der Waals surface area (Å²) >= 11 is 0. The van der Waals surface area contributed by atoms with Crippen molar-refractivity contribution in [2.75, 3.05) is 28.4 Å². The molecule has 0 amide bonds. The van der Waals surface area contributed by atoms with Crippen LogP contribution < -0.4 is 19.5 Å². The third kappa shape index (κ3) is 3.64. The van der Waals surface area contributed by atoms with Crippen LogP contribution in [-0.4, -0.2) is 40.2 Å². The molecule has 1 aliphatic carbocycles. The molecule has 0 saturated carbocycles. The Kier molecular flexibility index (Phi) is 5.83. The standard InChI is InChI=1S/C23H29NO6/c1-12-19(22(26)30-7)20(21-14(24-12)10-23(2,3)11-15(21)25)13-8-17(28-5)18(29-6)9-16(13)27-4/h8-9,20,24H,10-11H2,1-7H3/t20-/m1/s1. The van der Waals surface area contributed by atoms with Crippen LogP contribution in [0.3, 0.4) is 0 Å². The summed E-state index contributed by atoms with van der Waals surface area (Å²) in [5.74, 6) is 0.359. The number of ether oxygens (including phenoxy) is 4. The van der Waals surface area contributed by atoms with Gasteiger partial charge < -0.3 is 24.3 Å². The Morgan fingerprint density at radius 2 is 1.60 bits per heavy atom. The zero-order valence-electron chi connectivity index (χ0n) is 18.6. The van der Waals surface area contributed by atoms with Crippen molar-refractivity contribution >= 4 is 11.8 Å². The van der Waals surface area contributed by atoms with Crippen LogP contribution in [0.25, 0.3) is 0 Å². The van der Waals surface area contributed by atoms with E-state index >= 15 is 0 Å². The van der Waals surface area contributed by atoms with Crippen molar-refractivity contribution in [3.8, 4) is 17.2 Å². The number of hydrogen-bond acceptors (Lipinski definition) is 7. The average Bonchev–Trinajstić information content (AvgIpc) is 2.70. The first kappa shape index (κ1) is 21.7. The number of allylic oxidation sites excluding steroid dienone is 3. The van der Waals surface area contributed by atoms with E-state index in [2.05, 4.69) is 19.2 Å². The number of Topliss-reactive ketones (excluding diaryl/α,β-unsaturated/α-hetero) is 1. The Labute approximate surface area is 177 Å². The molecule has 0 aromatic heterocycles. The highest BCUT2D eigenvalue weighted by molar-refractivity contribution is 6.04. The first-order valence-corrected chi connectivity index (χ1v) is 9.79. The summed E-state index contributed by atoms with van der Waals surface area (Å²) in [5, 5.41) is 3.30. The van der Waals surface area contributed by atoms with Crippen LogP contribution in [-0.2, 0) is 14.3 Å². The van der Waals surface area contributed by atoms with E-state index in [1.165, 1.54) is 14.2 Å². The first-order valence-electron chi connectivity index (χ1n) is 9.79. The number of hydrogen-bond donors (Lipinski definition) is 1. The quantitative estimate of drug-likeness (QED) is 0.737. The molecule has 0 unspecified atom stereocenters. The van der Waals surface area contributed by atoms with Crippen molar-refractivity contribution in [2.24, 2.45) is 5.41 Å². The van der Waals surface area contributed by atoms with Gasteiger partial charge in [0.2, 0.25) is 0 Å². The number of esters is 1. The monoisotopic (exact) mass is 415 g/mol. The van der Waals surface area contributed by atoms with E-state index in [9.17, 15) is 9.59 Å². The van der Waals surface area contributed by atoms with Gasteiger partial charge in [-0.25, -0.2) is 4.79 Å². The molecule has 1 atom stereocenters. The lowest BCUT2D eigenvalue weighted by Gasteiger charge is -2.39. The van der Waals surface area contributed by atoms with Crippen LogP contribution in [0.15, 0.2) is 34.7 Å². The smallest absolute Gasteiger partial charge is 0.336 e. The zero-order valence-corrected chi connectivity index (χ0v) is 18.6. The number of carbonyl (C=O) groups excluding carboxylic acids is 2. The number of nitrogens with one attached hydrogen (secondary N) is 1. The van der Waals surface area contributed by atoms with Gasteiger partial charge >= 0.3 is 5.97 Å². The maximum Gasteiger partial charge on any atom is 0.336 e. The highest BCUT2D eigenvalue weighted by atomic mass is 16.5. The van der Waals surface area contributed by atoms with Gasteiger partial charge in [0, 0.05) is 35.0 Å². The van der Waals surface area contributed by atoms with Crippen molar-refractivity contribution in [1.29, 1.82) is 0 Å². The van der Waals surface area contributed by atoms with Crippen LogP contribution in [0.5, 0.6) is 17.2 Å². The first-order chi connectivity index (χ1) is 14.2. The SMILES string of the molecule is COC(=O)C1=C(C)NC2=C(C(=O)CC(C)(C)C2)[C@@H]1c1cc(OC)c(OC)cc1OC. The maximum absolute atomic E-state index is 13.3. The molecule has 1 aliphatic heterocycles. The minimum Gasteiger partial charge on any atom is -0.496 e. The number of methoxy groups -OCH3 is 4.